The van der Waals surface area contributed by atoms with E-state index in [4.69, 9.17) is 11.6 Å². The normalized spacial score (nSPS) is 20.2. The third-order valence-electron chi connectivity index (χ3n) is 4.62. The number of thiophene rings is 1. The Balaban J connectivity index is 1.44. The van der Waals surface area contributed by atoms with Crippen LogP contribution in [0.15, 0.2) is 40.6 Å². The second-order valence-corrected chi connectivity index (χ2v) is 9.40. The Hall–Kier alpha value is -0.920. The van der Waals surface area contributed by atoms with E-state index in [1.54, 1.807) is 22.5 Å². The molecule has 3 heterocycles. The minimum absolute atomic E-state index is 0.280. The fourth-order valence-electron chi connectivity index (χ4n) is 3.20. The average Bonchev–Trinajstić information content (AvgIpc) is 2.93. The van der Waals surface area contributed by atoms with Crippen LogP contribution < -0.4 is 0 Å². The van der Waals surface area contributed by atoms with E-state index in [0.717, 1.165) is 19.5 Å². The average molecular weight is 369 g/mol. The van der Waals surface area contributed by atoms with E-state index >= 15 is 0 Å². The van der Waals surface area contributed by atoms with E-state index in [1.807, 2.05) is 11.3 Å². The molecular weight excluding hydrogens is 352 g/mol. The number of nitrogens with zero attached hydrogens (tertiary/aromatic N) is 2. The predicted octanol–water partition coefficient (Wildman–Crippen LogP) is 2.83. The first-order valence-corrected chi connectivity index (χ1v) is 10.3. The van der Waals surface area contributed by atoms with Crippen molar-refractivity contribution < 1.29 is 8.42 Å². The van der Waals surface area contributed by atoms with Crippen molar-refractivity contribution in [3.05, 3.63) is 51.2 Å². The molecule has 2 aromatic rings. The first kappa shape index (κ1) is 15.6. The Morgan fingerprint density at radius 2 is 2.04 bits per heavy atom. The SMILES string of the molecule is O=S(=O)(c1cccc(Cl)c1)N1CC(N2CCc3sccc3C2)C1. The van der Waals surface area contributed by atoms with Gasteiger partial charge in [-0.3, -0.25) is 4.90 Å². The summed E-state index contributed by atoms with van der Waals surface area (Å²) in [6.45, 7) is 3.08. The zero-order valence-corrected chi connectivity index (χ0v) is 14.9. The number of rotatable bonds is 3. The molecule has 1 aromatic heterocycles. The van der Waals surface area contributed by atoms with Gasteiger partial charge in [0, 0.05) is 42.1 Å². The molecule has 0 aliphatic carbocycles. The summed E-state index contributed by atoms with van der Waals surface area (Å²) in [5.74, 6) is 0. The smallest absolute Gasteiger partial charge is 0.243 e. The quantitative estimate of drug-likeness (QED) is 0.836. The van der Waals surface area contributed by atoms with Gasteiger partial charge in [-0.2, -0.15) is 4.31 Å². The van der Waals surface area contributed by atoms with Crippen molar-refractivity contribution in [1.82, 2.24) is 9.21 Å². The Kier molecular flexibility index (Phi) is 3.98. The van der Waals surface area contributed by atoms with Crippen LogP contribution in [0, 0.1) is 0 Å². The van der Waals surface area contributed by atoms with Gasteiger partial charge in [0.2, 0.25) is 10.0 Å². The van der Waals surface area contributed by atoms with Crippen LogP contribution in [0.1, 0.15) is 10.4 Å². The van der Waals surface area contributed by atoms with E-state index in [2.05, 4.69) is 16.3 Å². The van der Waals surface area contributed by atoms with Crippen molar-refractivity contribution in [3.63, 3.8) is 0 Å². The van der Waals surface area contributed by atoms with Gasteiger partial charge >= 0.3 is 0 Å². The van der Waals surface area contributed by atoms with Gasteiger partial charge < -0.3 is 0 Å². The van der Waals surface area contributed by atoms with E-state index in [9.17, 15) is 8.42 Å². The van der Waals surface area contributed by atoms with E-state index in [0.29, 0.717) is 24.2 Å². The maximum absolute atomic E-state index is 12.6. The van der Waals surface area contributed by atoms with Gasteiger partial charge in [0.1, 0.15) is 0 Å². The minimum Gasteiger partial charge on any atom is -0.293 e. The summed E-state index contributed by atoms with van der Waals surface area (Å²) < 4.78 is 26.8. The van der Waals surface area contributed by atoms with Crippen LogP contribution in [0.2, 0.25) is 5.02 Å². The van der Waals surface area contributed by atoms with Crippen LogP contribution in [0.3, 0.4) is 0 Å². The molecule has 7 heteroatoms. The lowest BCUT2D eigenvalue weighted by atomic mass is 10.0. The highest BCUT2D eigenvalue weighted by atomic mass is 35.5. The molecule has 0 unspecified atom stereocenters. The monoisotopic (exact) mass is 368 g/mol. The van der Waals surface area contributed by atoms with Gasteiger partial charge in [-0.15, -0.1) is 11.3 Å². The van der Waals surface area contributed by atoms with Crippen molar-refractivity contribution in [1.29, 1.82) is 0 Å². The molecule has 1 aromatic carbocycles. The standard InChI is InChI=1S/C16H17ClN2O2S2/c17-13-2-1-3-15(8-13)23(20,21)19-10-14(11-19)18-6-4-16-12(9-18)5-7-22-16/h1-3,5,7-8,14H,4,6,9-11H2. The lowest BCUT2D eigenvalue weighted by Crippen LogP contribution is -2.61. The van der Waals surface area contributed by atoms with E-state index < -0.39 is 10.0 Å². The highest BCUT2D eigenvalue weighted by Crippen LogP contribution is 2.30. The van der Waals surface area contributed by atoms with Gasteiger partial charge in [0.25, 0.3) is 0 Å². The zero-order valence-electron chi connectivity index (χ0n) is 12.5. The summed E-state index contributed by atoms with van der Waals surface area (Å²) in [7, 11) is -3.42. The fraction of sp³-hybridized carbons (Fsp3) is 0.375. The summed E-state index contributed by atoms with van der Waals surface area (Å²) in [6, 6.07) is 8.99. The van der Waals surface area contributed by atoms with Gasteiger partial charge in [-0.1, -0.05) is 17.7 Å². The third kappa shape index (κ3) is 2.83. The highest BCUT2D eigenvalue weighted by molar-refractivity contribution is 7.89. The third-order valence-corrected chi connectivity index (χ3v) is 7.70. The lowest BCUT2D eigenvalue weighted by molar-refractivity contribution is 0.0775. The van der Waals surface area contributed by atoms with Gasteiger partial charge in [0.15, 0.2) is 0 Å². The highest BCUT2D eigenvalue weighted by Gasteiger charge is 2.40. The van der Waals surface area contributed by atoms with Gasteiger partial charge in [-0.05, 0) is 41.6 Å². The summed E-state index contributed by atoms with van der Waals surface area (Å²) in [5.41, 5.74) is 1.40. The van der Waals surface area contributed by atoms with Crippen molar-refractivity contribution in [2.24, 2.45) is 0 Å². The number of hydrogen-bond acceptors (Lipinski definition) is 4. The number of sulfonamides is 1. The second kappa shape index (κ2) is 5.86. The molecule has 0 bridgehead atoms. The lowest BCUT2D eigenvalue weighted by Gasteiger charge is -2.45. The minimum atomic E-state index is -3.42. The molecule has 0 spiro atoms. The van der Waals surface area contributed by atoms with Crippen molar-refractivity contribution in [3.8, 4) is 0 Å². The molecule has 0 amide bonds. The van der Waals surface area contributed by atoms with Crippen LogP contribution in [-0.2, 0) is 23.0 Å². The summed E-state index contributed by atoms with van der Waals surface area (Å²) in [4.78, 5) is 4.16. The van der Waals surface area contributed by atoms with Crippen LogP contribution in [0.5, 0.6) is 0 Å². The number of hydrogen-bond donors (Lipinski definition) is 0. The Labute approximate surface area is 145 Å². The molecule has 0 saturated carbocycles. The number of halogens is 1. The summed E-state index contributed by atoms with van der Waals surface area (Å²) >= 11 is 7.74. The summed E-state index contributed by atoms with van der Waals surface area (Å²) in [6.07, 6.45) is 1.07. The molecule has 2 aliphatic rings. The largest absolute Gasteiger partial charge is 0.293 e. The Bertz CT molecular complexity index is 828. The van der Waals surface area contributed by atoms with Crippen molar-refractivity contribution in [2.75, 3.05) is 19.6 Å². The predicted molar refractivity (Wildman–Crippen MR) is 92.4 cm³/mol. The fourth-order valence-corrected chi connectivity index (χ4v) is 5.91. The molecule has 0 radical (unpaired) electrons. The topological polar surface area (TPSA) is 40.6 Å². The molecule has 23 heavy (non-hydrogen) atoms. The molecule has 0 N–H and O–H groups in total. The van der Waals surface area contributed by atoms with Crippen LogP contribution in [0.25, 0.3) is 0 Å². The Morgan fingerprint density at radius 3 is 2.83 bits per heavy atom. The maximum atomic E-state index is 12.6. The van der Waals surface area contributed by atoms with E-state index in [1.165, 1.54) is 16.5 Å². The number of benzene rings is 1. The van der Waals surface area contributed by atoms with Gasteiger partial charge in [-0.25, -0.2) is 8.42 Å². The molecule has 2 aliphatic heterocycles. The van der Waals surface area contributed by atoms with Crippen molar-refractivity contribution in [2.45, 2.75) is 23.9 Å². The molecule has 4 nitrogen and oxygen atoms in total. The number of fused-ring (bicyclic) bond motifs is 1. The molecule has 1 saturated heterocycles. The molecule has 122 valence electrons. The first-order chi connectivity index (χ1) is 11.0. The molecule has 0 atom stereocenters. The van der Waals surface area contributed by atoms with Crippen LogP contribution in [-0.4, -0.2) is 43.3 Å². The molecule has 4 rings (SSSR count). The first-order valence-electron chi connectivity index (χ1n) is 7.59. The second-order valence-electron chi connectivity index (χ2n) is 6.02. The maximum Gasteiger partial charge on any atom is 0.243 e. The van der Waals surface area contributed by atoms with Crippen LogP contribution >= 0.6 is 22.9 Å². The van der Waals surface area contributed by atoms with E-state index in [-0.39, 0.29) is 4.90 Å². The zero-order chi connectivity index (χ0) is 16.0. The van der Waals surface area contributed by atoms with Crippen LogP contribution in [0.4, 0.5) is 0 Å². The van der Waals surface area contributed by atoms with Crippen molar-refractivity contribution >= 4 is 33.0 Å². The summed E-state index contributed by atoms with van der Waals surface area (Å²) in [5, 5.41) is 2.59. The molecular formula is C16H17ClN2O2S2. The van der Waals surface area contributed by atoms with Gasteiger partial charge in [0.05, 0.1) is 4.90 Å². The molecule has 1 fully saturated rings. The Morgan fingerprint density at radius 1 is 1.22 bits per heavy atom.